The first kappa shape index (κ1) is 14.2. The lowest BCUT2D eigenvalue weighted by Crippen LogP contribution is -2.26. The lowest BCUT2D eigenvalue weighted by molar-refractivity contribution is 0.198. The van der Waals surface area contributed by atoms with E-state index in [1.807, 2.05) is 0 Å². The van der Waals surface area contributed by atoms with Gasteiger partial charge in [-0.2, -0.15) is 0 Å². The summed E-state index contributed by atoms with van der Waals surface area (Å²) in [5, 5.41) is 0. The molecule has 0 saturated carbocycles. The van der Waals surface area contributed by atoms with Crippen LogP contribution in [-0.4, -0.2) is 44.6 Å². The van der Waals surface area contributed by atoms with E-state index in [1.54, 1.807) is 12.1 Å². The SMILES string of the molecule is FCCCN1CC[C@H](Oc2ccc(B(F)F)cc2)C1. The standard InChI is InChI=1S/C13H17BF3NO/c15-7-1-8-18-9-6-13(10-18)19-12-4-2-11(3-5-12)14(16)17/h2-5,13H,1,6-10H2/t13-/m0/s1. The van der Waals surface area contributed by atoms with Crippen molar-refractivity contribution in [3.05, 3.63) is 24.3 Å². The van der Waals surface area contributed by atoms with Crippen LogP contribution in [0.1, 0.15) is 12.8 Å². The summed E-state index contributed by atoms with van der Waals surface area (Å²) < 4.78 is 42.6. The molecule has 104 valence electrons. The molecule has 1 aromatic rings. The molecule has 1 aliphatic rings. The zero-order chi connectivity index (χ0) is 13.7. The summed E-state index contributed by atoms with van der Waals surface area (Å²) in [4.78, 5) is 2.16. The maximum atomic E-state index is 12.4. The Kier molecular flexibility index (Phi) is 5.13. The lowest BCUT2D eigenvalue weighted by atomic mass is 9.86. The molecular formula is C13H17BF3NO. The fraction of sp³-hybridized carbons (Fsp3) is 0.538. The third-order valence-electron chi connectivity index (χ3n) is 3.27. The molecule has 0 aliphatic carbocycles. The lowest BCUT2D eigenvalue weighted by Gasteiger charge is -2.16. The summed E-state index contributed by atoms with van der Waals surface area (Å²) >= 11 is 0. The van der Waals surface area contributed by atoms with Gasteiger partial charge in [-0.1, -0.05) is 12.1 Å². The van der Waals surface area contributed by atoms with E-state index < -0.39 is 7.27 Å². The Morgan fingerprint density at radius 2 is 2.00 bits per heavy atom. The summed E-state index contributed by atoms with van der Waals surface area (Å²) in [6, 6.07) is 5.92. The van der Waals surface area contributed by atoms with Crippen LogP contribution in [0.5, 0.6) is 5.75 Å². The highest BCUT2D eigenvalue weighted by molar-refractivity contribution is 6.59. The first-order chi connectivity index (χ1) is 9.19. The fourth-order valence-corrected chi connectivity index (χ4v) is 2.26. The quantitative estimate of drug-likeness (QED) is 0.735. The summed E-state index contributed by atoms with van der Waals surface area (Å²) in [5.41, 5.74) is 0.00310. The van der Waals surface area contributed by atoms with E-state index in [1.165, 1.54) is 12.1 Å². The van der Waals surface area contributed by atoms with Gasteiger partial charge in [0.05, 0.1) is 6.67 Å². The summed E-state index contributed by atoms with van der Waals surface area (Å²) in [6.07, 6.45) is 1.51. The molecule has 0 aromatic heterocycles. The van der Waals surface area contributed by atoms with Gasteiger partial charge in [0, 0.05) is 19.6 Å². The van der Waals surface area contributed by atoms with Gasteiger partial charge in [-0.15, -0.1) is 0 Å². The number of rotatable bonds is 6. The maximum Gasteiger partial charge on any atom is 0.571 e. The van der Waals surface area contributed by atoms with Crippen LogP contribution in [0.2, 0.25) is 0 Å². The van der Waals surface area contributed by atoms with Crippen LogP contribution >= 0.6 is 0 Å². The predicted molar refractivity (Wildman–Crippen MR) is 70.1 cm³/mol. The number of nitrogens with zero attached hydrogens (tertiary/aromatic N) is 1. The normalized spacial score (nSPS) is 19.6. The fourth-order valence-electron chi connectivity index (χ4n) is 2.26. The average Bonchev–Trinajstić information content (AvgIpc) is 2.84. The van der Waals surface area contributed by atoms with Crippen molar-refractivity contribution in [1.29, 1.82) is 0 Å². The van der Waals surface area contributed by atoms with Gasteiger partial charge < -0.3 is 4.74 Å². The Labute approximate surface area is 111 Å². The Balaban J connectivity index is 1.82. The van der Waals surface area contributed by atoms with Gasteiger partial charge in [0.2, 0.25) is 0 Å². The minimum Gasteiger partial charge on any atom is -0.489 e. The minimum atomic E-state index is -2.45. The van der Waals surface area contributed by atoms with Gasteiger partial charge in [0.15, 0.2) is 0 Å². The van der Waals surface area contributed by atoms with E-state index in [4.69, 9.17) is 4.74 Å². The largest absolute Gasteiger partial charge is 0.571 e. The van der Waals surface area contributed by atoms with E-state index >= 15 is 0 Å². The van der Waals surface area contributed by atoms with Crippen molar-refractivity contribution >= 4 is 12.7 Å². The zero-order valence-electron chi connectivity index (χ0n) is 10.7. The number of halogens is 3. The van der Waals surface area contributed by atoms with Gasteiger partial charge in [-0.3, -0.25) is 17.9 Å². The van der Waals surface area contributed by atoms with Crippen molar-refractivity contribution < 1.29 is 17.8 Å². The molecule has 1 aliphatic heterocycles. The highest BCUT2D eigenvalue weighted by Gasteiger charge is 2.23. The molecule has 1 fully saturated rings. The summed E-state index contributed by atoms with van der Waals surface area (Å²) in [7, 11) is -2.45. The van der Waals surface area contributed by atoms with E-state index in [0.717, 1.165) is 26.1 Å². The van der Waals surface area contributed by atoms with E-state index in [9.17, 15) is 13.0 Å². The second-order valence-electron chi connectivity index (χ2n) is 4.74. The van der Waals surface area contributed by atoms with Crippen LogP contribution in [0.15, 0.2) is 24.3 Å². The smallest absolute Gasteiger partial charge is 0.489 e. The minimum absolute atomic E-state index is 0.00310. The molecule has 0 radical (unpaired) electrons. The molecule has 6 heteroatoms. The van der Waals surface area contributed by atoms with Crippen LogP contribution in [0.4, 0.5) is 13.0 Å². The van der Waals surface area contributed by atoms with Gasteiger partial charge in [0.25, 0.3) is 0 Å². The van der Waals surface area contributed by atoms with Crippen LogP contribution < -0.4 is 10.2 Å². The van der Waals surface area contributed by atoms with Crippen LogP contribution in [-0.2, 0) is 0 Å². The number of hydrogen-bond donors (Lipinski definition) is 0. The van der Waals surface area contributed by atoms with Crippen LogP contribution in [0.3, 0.4) is 0 Å². The van der Waals surface area contributed by atoms with Gasteiger partial charge >= 0.3 is 7.27 Å². The Hall–Kier alpha value is -1.17. The number of hydrogen-bond acceptors (Lipinski definition) is 2. The van der Waals surface area contributed by atoms with Gasteiger partial charge in [-0.25, -0.2) is 0 Å². The van der Waals surface area contributed by atoms with E-state index in [2.05, 4.69) is 4.90 Å². The van der Waals surface area contributed by atoms with Crippen molar-refractivity contribution in [2.45, 2.75) is 18.9 Å². The third kappa shape index (κ3) is 4.16. The number of ether oxygens (including phenoxy) is 1. The molecule has 1 aromatic carbocycles. The average molecular weight is 271 g/mol. The Morgan fingerprint density at radius 1 is 1.26 bits per heavy atom. The molecular weight excluding hydrogens is 254 g/mol. The van der Waals surface area contributed by atoms with Crippen molar-refractivity contribution in [3.8, 4) is 5.75 Å². The second-order valence-corrected chi connectivity index (χ2v) is 4.74. The molecule has 0 spiro atoms. The first-order valence-corrected chi connectivity index (χ1v) is 6.52. The molecule has 1 saturated heterocycles. The Bertz CT molecular complexity index is 388. The monoisotopic (exact) mass is 271 g/mol. The molecule has 2 rings (SSSR count). The number of benzene rings is 1. The van der Waals surface area contributed by atoms with Crippen molar-refractivity contribution in [2.75, 3.05) is 26.3 Å². The molecule has 2 nitrogen and oxygen atoms in total. The topological polar surface area (TPSA) is 12.5 Å². The van der Waals surface area contributed by atoms with Crippen molar-refractivity contribution in [2.24, 2.45) is 0 Å². The summed E-state index contributed by atoms with van der Waals surface area (Å²) in [5.74, 6) is 0.613. The summed E-state index contributed by atoms with van der Waals surface area (Å²) in [6.45, 7) is 2.13. The molecule has 1 heterocycles. The Morgan fingerprint density at radius 3 is 2.63 bits per heavy atom. The van der Waals surface area contributed by atoms with Crippen molar-refractivity contribution in [1.82, 2.24) is 4.90 Å². The highest BCUT2D eigenvalue weighted by Crippen LogP contribution is 2.18. The number of alkyl halides is 1. The van der Waals surface area contributed by atoms with Gasteiger partial charge in [0.1, 0.15) is 11.9 Å². The van der Waals surface area contributed by atoms with E-state index in [0.29, 0.717) is 12.2 Å². The van der Waals surface area contributed by atoms with Crippen LogP contribution in [0, 0.1) is 0 Å². The second kappa shape index (κ2) is 6.84. The predicted octanol–water partition coefficient (Wildman–Crippen LogP) is 2.13. The molecule has 0 amide bonds. The molecule has 19 heavy (non-hydrogen) atoms. The molecule has 0 bridgehead atoms. The van der Waals surface area contributed by atoms with Gasteiger partial charge in [-0.05, 0) is 30.4 Å². The molecule has 0 unspecified atom stereocenters. The third-order valence-corrected chi connectivity index (χ3v) is 3.27. The van der Waals surface area contributed by atoms with E-state index in [-0.39, 0.29) is 18.2 Å². The highest BCUT2D eigenvalue weighted by atomic mass is 19.2. The zero-order valence-corrected chi connectivity index (χ0v) is 10.7. The maximum absolute atomic E-state index is 12.4. The van der Waals surface area contributed by atoms with Crippen molar-refractivity contribution in [3.63, 3.8) is 0 Å². The first-order valence-electron chi connectivity index (χ1n) is 6.52. The van der Waals surface area contributed by atoms with Crippen LogP contribution in [0.25, 0.3) is 0 Å². The number of likely N-dealkylation sites (tertiary alicyclic amines) is 1. The molecule has 0 N–H and O–H groups in total. The molecule has 1 atom stereocenters.